The molecular formula is C12H16ClN3O. The molecule has 0 bridgehead atoms. The van der Waals surface area contributed by atoms with E-state index in [0.29, 0.717) is 18.1 Å². The number of halogens is 1. The molecule has 0 saturated carbocycles. The highest BCUT2D eigenvalue weighted by molar-refractivity contribution is 6.32. The van der Waals surface area contributed by atoms with Gasteiger partial charge in [0, 0.05) is 12.7 Å². The molecule has 0 radical (unpaired) electrons. The molecule has 0 amide bonds. The number of pyridine rings is 1. The maximum atomic E-state index is 8.81. The summed E-state index contributed by atoms with van der Waals surface area (Å²) in [5.74, 6) is 0.331. The van der Waals surface area contributed by atoms with E-state index in [0.717, 1.165) is 19.6 Å². The molecule has 0 aliphatic heterocycles. The van der Waals surface area contributed by atoms with Crippen LogP contribution in [0.3, 0.4) is 0 Å². The average Bonchev–Trinajstić information content (AvgIpc) is 2.36. The first-order valence-corrected chi connectivity index (χ1v) is 6.00. The molecule has 92 valence electrons. The minimum atomic E-state index is 0.287. The van der Waals surface area contributed by atoms with Gasteiger partial charge in [0.15, 0.2) is 0 Å². The molecule has 4 nitrogen and oxygen atoms in total. The fourth-order valence-electron chi connectivity index (χ4n) is 1.42. The lowest BCUT2D eigenvalue weighted by molar-refractivity contribution is 0.218. The van der Waals surface area contributed by atoms with Gasteiger partial charge in [0.2, 0.25) is 5.88 Å². The van der Waals surface area contributed by atoms with E-state index in [1.54, 1.807) is 6.07 Å². The maximum Gasteiger partial charge on any atom is 0.233 e. The molecule has 1 rings (SSSR count). The molecule has 0 fully saturated rings. The van der Waals surface area contributed by atoms with Gasteiger partial charge < -0.3 is 9.64 Å². The number of hydrogen-bond donors (Lipinski definition) is 0. The lowest BCUT2D eigenvalue weighted by atomic mass is 10.3. The Labute approximate surface area is 107 Å². The summed E-state index contributed by atoms with van der Waals surface area (Å²) in [5.41, 5.74) is 0.388. The van der Waals surface area contributed by atoms with Crippen LogP contribution in [0.1, 0.15) is 19.4 Å². The molecule has 0 aliphatic carbocycles. The minimum absolute atomic E-state index is 0.287. The SMILES string of the molecule is CCN(CC)CCOc1nccc(C#N)c1Cl. The van der Waals surface area contributed by atoms with Crippen LogP contribution >= 0.6 is 11.6 Å². The quantitative estimate of drug-likeness (QED) is 0.781. The van der Waals surface area contributed by atoms with E-state index in [2.05, 4.69) is 23.7 Å². The second-order valence-electron chi connectivity index (χ2n) is 3.46. The second-order valence-corrected chi connectivity index (χ2v) is 3.84. The number of nitrogens with zero attached hydrogens (tertiary/aromatic N) is 3. The average molecular weight is 254 g/mol. The van der Waals surface area contributed by atoms with Crippen molar-refractivity contribution in [2.45, 2.75) is 13.8 Å². The zero-order valence-corrected chi connectivity index (χ0v) is 10.9. The highest BCUT2D eigenvalue weighted by atomic mass is 35.5. The zero-order valence-electron chi connectivity index (χ0n) is 10.1. The van der Waals surface area contributed by atoms with Gasteiger partial charge in [-0.3, -0.25) is 0 Å². The van der Waals surface area contributed by atoms with Crippen molar-refractivity contribution in [2.75, 3.05) is 26.2 Å². The normalized spacial score (nSPS) is 10.3. The smallest absolute Gasteiger partial charge is 0.233 e. The van der Waals surface area contributed by atoms with E-state index >= 15 is 0 Å². The van der Waals surface area contributed by atoms with Gasteiger partial charge in [-0.05, 0) is 19.2 Å². The first kappa shape index (κ1) is 13.8. The Morgan fingerprint density at radius 1 is 1.47 bits per heavy atom. The highest BCUT2D eigenvalue weighted by Crippen LogP contribution is 2.24. The van der Waals surface area contributed by atoms with E-state index in [9.17, 15) is 0 Å². The fraction of sp³-hybridized carbons (Fsp3) is 0.500. The van der Waals surface area contributed by atoms with Crippen molar-refractivity contribution in [3.05, 3.63) is 22.8 Å². The second kappa shape index (κ2) is 7.10. The lowest BCUT2D eigenvalue weighted by Gasteiger charge is -2.17. The third-order valence-corrected chi connectivity index (χ3v) is 2.88. The highest BCUT2D eigenvalue weighted by Gasteiger charge is 2.08. The molecule has 0 atom stereocenters. The van der Waals surface area contributed by atoms with Crippen LogP contribution in [0.4, 0.5) is 0 Å². The molecular weight excluding hydrogens is 238 g/mol. The summed E-state index contributed by atoms with van der Waals surface area (Å²) in [6.45, 7) is 7.51. The standard InChI is InChI=1S/C12H16ClN3O/c1-3-16(4-2)7-8-17-12-11(13)10(9-14)5-6-15-12/h5-6H,3-4,7-8H2,1-2H3. The predicted molar refractivity (Wildman–Crippen MR) is 67.2 cm³/mol. The van der Waals surface area contributed by atoms with Gasteiger partial charge in [-0.1, -0.05) is 25.4 Å². The van der Waals surface area contributed by atoms with E-state index in [1.165, 1.54) is 6.20 Å². The van der Waals surface area contributed by atoms with Crippen molar-refractivity contribution in [3.8, 4) is 11.9 Å². The molecule has 17 heavy (non-hydrogen) atoms. The Kier molecular flexibility index (Phi) is 5.75. The fourth-order valence-corrected chi connectivity index (χ4v) is 1.63. The number of ether oxygens (including phenoxy) is 1. The summed E-state index contributed by atoms with van der Waals surface area (Å²) in [5, 5.41) is 9.09. The van der Waals surface area contributed by atoms with Crippen molar-refractivity contribution in [2.24, 2.45) is 0 Å². The summed E-state index contributed by atoms with van der Waals surface area (Å²) in [7, 11) is 0. The molecule has 0 N–H and O–H groups in total. The Hall–Kier alpha value is -1.31. The molecule has 1 aromatic rings. The van der Waals surface area contributed by atoms with E-state index in [1.807, 2.05) is 6.07 Å². The van der Waals surface area contributed by atoms with Gasteiger partial charge in [-0.25, -0.2) is 4.98 Å². The van der Waals surface area contributed by atoms with Gasteiger partial charge in [0.25, 0.3) is 0 Å². The van der Waals surface area contributed by atoms with Crippen LogP contribution in [0, 0.1) is 11.3 Å². The van der Waals surface area contributed by atoms with Gasteiger partial charge in [-0.15, -0.1) is 0 Å². The van der Waals surface area contributed by atoms with Crippen LogP contribution in [0.25, 0.3) is 0 Å². The van der Waals surface area contributed by atoms with Crippen molar-refractivity contribution in [1.82, 2.24) is 9.88 Å². The lowest BCUT2D eigenvalue weighted by Crippen LogP contribution is -2.28. The Morgan fingerprint density at radius 2 is 2.18 bits per heavy atom. The molecule has 0 unspecified atom stereocenters. The minimum Gasteiger partial charge on any atom is -0.475 e. The summed E-state index contributed by atoms with van der Waals surface area (Å²) in [6, 6.07) is 3.56. The number of aromatic nitrogens is 1. The third kappa shape index (κ3) is 3.88. The van der Waals surface area contributed by atoms with Gasteiger partial charge in [0.1, 0.15) is 17.7 Å². The molecule has 1 heterocycles. The van der Waals surface area contributed by atoms with Gasteiger partial charge in [0.05, 0.1) is 5.56 Å². The van der Waals surface area contributed by atoms with Crippen LogP contribution in [-0.2, 0) is 0 Å². The van der Waals surface area contributed by atoms with Gasteiger partial charge in [-0.2, -0.15) is 5.26 Å². The topological polar surface area (TPSA) is 49.1 Å². The van der Waals surface area contributed by atoms with Crippen molar-refractivity contribution < 1.29 is 4.74 Å². The van der Waals surface area contributed by atoms with E-state index in [4.69, 9.17) is 21.6 Å². The number of likely N-dealkylation sites (N-methyl/N-ethyl adjacent to an activating group) is 1. The Balaban J connectivity index is 2.55. The van der Waals surface area contributed by atoms with E-state index < -0.39 is 0 Å². The zero-order chi connectivity index (χ0) is 12.7. The first-order valence-electron chi connectivity index (χ1n) is 5.62. The molecule has 0 spiro atoms. The van der Waals surface area contributed by atoms with Gasteiger partial charge >= 0.3 is 0 Å². The Morgan fingerprint density at radius 3 is 2.76 bits per heavy atom. The number of hydrogen-bond acceptors (Lipinski definition) is 4. The van der Waals surface area contributed by atoms with E-state index in [-0.39, 0.29) is 5.02 Å². The summed E-state index contributed by atoms with van der Waals surface area (Å²) >= 11 is 5.97. The van der Waals surface area contributed by atoms with Crippen molar-refractivity contribution in [1.29, 1.82) is 5.26 Å². The molecule has 1 aromatic heterocycles. The summed E-state index contributed by atoms with van der Waals surface area (Å²) in [4.78, 5) is 6.25. The summed E-state index contributed by atoms with van der Waals surface area (Å²) in [6.07, 6.45) is 1.52. The first-order chi connectivity index (χ1) is 8.22. The van der Waals surface area contributed by atoms with Crippen LogP contribution < -0.4 is 4.74 Å². The van der Waals surface area contributed by atoms with Crippen LogP contribution in [0.15, 0.2) is 12.3 Å². The molecule has 0 aliphatic rings. The van der Waals surface area contributed by atoms with Crippen molar-refractivity contribution in [3.63, 3.8) is 0 Å². The summed E-state index contributed by atoms with van der Waals surface area (Å²) < 4.78 is 5.48. The maximum absolute atomic E-state index is 8.81. The van der Waals surface area contributed by atoms with Crippen LogP contribution in [0.5, 0.6) is 5.88 Å². The largest absolute Gasteiger partial charge is 0.475 e. The number of rotatable bonds is 6. The van der Waals surface area contributed by atoms with Crippen LogP contribution in [-0.4, -0.2) is 36.1 Å². The van der Waals surface area contributed by atoms with Crippen molar-refractivity contribution >= 4 is 11.6 Å². The number of nitriles is 1. The monoisotopic (exact) mass is 253 g/mol. The predicted octanol–water partition coefficient (Wildman–Crippen LogP) is 2.33. The van der Waals surface area contributed by atoms with Crippen LogP contribution in [0.2, 0.25) is 5.02 Å². The molecule has 5 heteroatoms. The Bertz CT molecular complexity index is 399. The third-order valence-electron chi connectivity index (χ3n) is 2.52. The molecule has 0 saturated heterocycles. The molecule has 0 aromatic carbocycles.